The summed E-state index contributed by atoms with van der Waals surface area (Å²) in [7, 11) is 0. The summed E-state index contributed by atoms with van der Waals surface area (Å²) >= 11 is 0. The van der Waals surface area contributed by atoms with Crippen molar-refractivity contribution in [2.45, 2.75) is 59.7 Å². The number of aryl methyl sites for hydroxylation is 2. The Morgan fingerprint density at radius 1 is 1.22 bits per heavy atom. The van der Waals surface area contributed by atoms with E-state index >= 15 is 0 Å². The Kier molecular flexibility index (Phi) is 5.83. The third-order valence-corrected chi connectivity index (χ3v) is 3.52. The summed E-state index contributed by atoms with van der Waals surface area (Å²) in [5, 5.41) is 9.83. The second-order valence-electron chi connectivity index (χ2n) is 5.52. The van der Waals surface area contributed by atoms with E-state index in [1.807, 2.05) is 6.92 Å². The van der Waals surface area contributed by atoms with E-state index in [1.54, 1.807) is 0 Å². The van der Waals surface area contributed by atoms with Crippen molar-refractivity contribution in [2.24, 2.45) is 0 Å². The monoisotopic (exact) mass is 249 g/mol. The molecule has 0 heterocycles. The van der Waals surface area contributed by atoms with E-state index in [2.05, 4.69) is 50.8 Å². The fourth-order valence-corrected chi connectivity index (χ4v) is 2.10. The molecule has 102 valence electrons. The zero-order valence-electron chi connectivity index (χ0n) is 12.4. The highest BCUT2D eigenvalue weighted by Gasteiger charge is 2.14. The fraction of sp³-hybridized carbons (Fsp3) is 0.625. The first-order valence-electron chi connectivity index (χ1n) is 6.92. The zero-order valence-corrected chi connectivity index (χ0v) is 12.4. The molecule has 1 N–H and O–H groups in total. The highest BCUT2D eigenvalue weighted by molar-refractivity contribution is 5.30. The van der Waals surface area contributed by atoms with Gasteiger partial charge in [-0.2, -0.15) is 0 Å². The molecule has 0 aromatic heterocycles. The van der Waals surface area contributed by atoms with Crippen LogP contribution in [0.3, 0.4) is 0 Å². The van der Waals surface area contributed by atoms with Crippen LogP contribution in [-0.4, -0.2) is 28.7 Å². The van der Waals surface area contributed by atoms with E-state index in [0.717, 1.165) is 19.5 Å². The minimum atomic E-state index is -0.224. The molecule has 0 radical (unpaired) electrons. The zero-order chi connectivity index (χ0) is 13.7. The van der Waals surface area contributed by atoms with Gasteiger partial charge in [0.15, 0.2) is 0 Å². The number of hydrogen-bond donors (Lipinski definition) is 1. The summed E-state index contributed by atoms with van der Waals surface area (Å²) in [5.74, 6) is 0. The van der Waals surface area contributed by atoms with Crippen LogP contribution in [0.25, 0.3) is 0 Å². The van der Waals surface area contributed by atoms with Gasteiger partial charge in [0.1, 0.15) is 0 Å². The highest BCUT2D eigenvalue weighted by Crippen LogP contribution is 2.15. The molecule has 1 unspecified atom stereocenters. The van der Waals surface area contributed by atoms with E-state index < -0.39 is 0 Å². The van der Waals surface area contributed by atoms with Crippen LogP contribution in [-0.2, 0) is 6.54 Å². The quantitative estimate of drug-likeness (QED) is 0.836. The van der Waals surface area contributed by atoms with Crippen molar-refractivity contribution >= 4 is 0 Å². The molecule has 0 bridgehead atoms. The van der Waals surface area contributed by atoms with Crippen molar-refractivity contribution in [1.82, 2.24) is 4.90 Å². The van der Waals surface area contributed by atoms with Gasteiger partial charge >= 0.3 is 0 Å². The Bertz CT molecular complexity index is 373. The summed E-state index contributed by atoms with van der Waals surface area (Å²) in [6.45, 7) is 12.4. The number of aliphatic hydroxyl groups excluding tert-OH is 1. The molecular formula is C16H27NO. The molecule has 1 aromatic rings. The lowest BCUT2D eigenvalue weighted by Crippen LogP contribution is -2.37. The van der Waals surface area contributed by atoms with Crippen LogP contribution in [0.15, 0.2) is 18.2 Å². The number of aliphatic hydroxyl groups is 1. The van der Waals surface area contributed by atoms with Crippen molar-refractivity contribution in [2.75, 3.05) is 6.54 Å². The minimum Gasteiger partial charge on any atom is -0.392 e. The molecule has 0 fully saturated rings. The van der Waals surface area contributed by atoms with E-state index in [-0.39, 0.29) is 6.10 Å². The van der Waals surface area contributed by atoms with Gasteiger partial charge in [0.2, 0.25) is 0 Å². The summed E-state index contributed by atoms with van der Waals surface area (Å²) in [4.78, 5) is 2.34. The van der Waals surface area contributed by atoms with Gasteiger partial charge < -0.3 is 5.11 Å². The fourth-order valence-electron chi connectivity index (χ4n) is 2.10. The molecule has 1 aromatic carbocycles. The summed E-state index contributed by atoms with van der Waals surface area (Å²) < 4.78 is 0. The predicted molar refractivity (Wildman–Crippen MR) is 77.8 cm³/mol. The maximum absolute atomic E-state index is 9.83. The van der Waals surface area contributed by atoms with E-state index in [4.69, 9.17) is 0 Å². The number of rotatable bonds is 6. The third kappa shape index (κ3) is 4.43. The molecule has 0 amide bonds. The van der Waals surface area contributed by atoms with Crippen LogP contribution in [0.5, 0.6) is 0 Å². The first-order chi connectivity index (χ1) is 8.43. The van der Waals surface area contributed by atoms with Crippen LogP contribution in [0, 0.1) is 13.8 Å². The normalized spacial score (nSPS) is 13.3. The first-order valence-corrected chi connectivity index (χ1v) is 6.92. The third-order valence-electron chi connectivity index (χ3n) is 3.52. The van der Waals surface area contributed by atoms with Crippen LogP contribution in [0.4, 0.5) is 0 Å². The average molecular weight is 249 g/mol. The predicted octanol–water partition coefficient (Wildman–Crippen LogP) is 3.28. The van der Waals surface area contributed by atoms with E-state index in [9.17, 15) is 5.11 Å². The van der Waals surface area contributed by atoms with Gasteiger partial charge in [-0.05, 0) is 45.2 Å². The van der Waals surface area contributed by atoms with Gasteiger partial charge in [-0.25, -0.2) is 0 Å². The molecule has 0 aliphatic carbocycles. The van der Waals surface area contributed by atoms with Crippen molar-refractivity contribution in [3.8, 4) is 0 Å². The van der Waals surface area contributed by atoms with Crippen LogP contribution in [0.2, 0.25) is 0 Å². The minimum absolute atomic E-state index is 0.224. The number of nitrogens with zero attached hydrogens (tertiary/aromatic N) is 1. The Morgan fingerprint density at radius 3 is 2.39 bits per heavy atom. The molecule has 0 saturated carbocycles. The molecule has 1 atom stereocenters. The number of benzene rings is 1. The van der Waals surface area contributed by atoms with Crippen LogP contribution >= 0.6 is 0 Å². The Hall–Kier alpha value is -0.860. The maximum Gasteiger partial charge on any atom is 0.0664 e. The van der Waals surface area contributed by atoms with Crippen LogP contribution in [0.1, 0.15) is 43.9 Å². The van der Waals surface area contributed by atoms with E-state index in [0.29, 0.717) is 6.04 Å². The molecule has 0 aliphatic rings. The second kappa shape index (κ2) is 6.91. The summed E-state index contributed by atoms with van der Waals surface area (Å²) in [6.07, 6.45) is 0.592. The van der Waals surface area contributed by atoms with Gasteiger partial charge in [-0.1, -0.05) is 30.7 Å². The molecule has 2 heteroatoms. The van der Waals surface area contributed by atoms with Gasteiger partial charge in [0.05, 0.1) is 6.10 Å². The van der Waals surface area contributed by atoms with Gasteiger partial charge in [-0.15, -0.1) is 0 Å². The summed E-state index contributed by atoms with van der Waals surface area (Å²) in [6, 6.07) is 7.05. The Balaban J connectivity index is 2.76. The summed E-state index contributed by atoms with van der Waals surface area (Å²) in [5.41, 5.74) is 4.00. The lowest BCUT2D eigenvalue weighted by Gasteiger charge is -2.29. The largest absolute Gasteiger partial charge is 0.392 e. The average Bonchev–Trinajstić information content (AvgIpc) is 2.30. The van der Waals surface area contributed by atoms with Crippen molar-refractivity contribution < 1.29 is 5.11 Å². The molecule has 1 rings (SSSR count). The Morgan fingerprint density at radius 2 is 1.89 bits per heavy atom. The lowest BCUT2D eigenvalue weighted by molar-refractivity contribution is 0.0880. The van der Waals surface area contributed by atoms with Crippen LogP contribution < -0.4 is 0 Å². The highest BCUT2D eigenvalue weighted by atomic mass is 16.3. The first kappa shape index (κ1) is 15.2. The SMILES string of the molecule is CCC(O)CN(Cc1ccc(C)cc1C)C(C)C. The van der Waals surface area contributed by atoms with Gasteiger partial charge in [0.25, 0.3) is 0 Å². The van der Waals surface area contributed by atoms with Crippen molar-refractivity contribution in [3.05, 3.63) is 34.9 Å². The van der Waals surface area contributed by atoms with Crippen molar-refractivity contribution in [3.63, 3.8) is 0 Å². The standard InChI is InChI=1S/C16H27NO/c1-6-16(18)11-17(12(2)3)10-15-8-7-13(4)9-14(15)5/h7-9,12,16,18H,6,10-11H2,1-5H3. The molecule has 0 spiro atoms. The molecule has 0 aliphatic heterocycles. The maximum atomic E-state index is 9.83. The molecule has 18 heavy (non-hydrogen) atoms. The topological polar surface area (TPSA) is 23.5 Å². The lowest BCUT2D eigenvalue weighted by atomic mass is 10.0. The van der Waals surface area contributed by atoms with Gasteiger partial charge in [0, 0.05) is 19.1 Å². The second-order valence-corrected chi connectivity index (χ2v) is 5.52. The molecule has 2 nitrogen and oxygen atoms in total. The van der Waals surface area contributed by atoms with Gasteiger partial charge in [-0.3, -0.25) is 4.90 Å². The molecular weight excluding hydrogens is 222 g/mol. The number of hydrogen-bond acceptors (Lipinski definition) is 2. The Labute approximate surface area is 112 Å². The smallest absolute Gasteiger partial charge is 0.0664 e. The van der Waals surface area contributed by atoms with E-state index in [1.165, 1.54) is 16.7 Å². The molecule has 0 saturated heterocycles. The van der Waals surface area contributed by atoms with Crippen molar-refractivity contribution in [1.29, 1.82) is 0 Å².